The lowest BCUT2D eigenvalue weighted by molar-refractivity contribution is 0.0909. The minimum Gasteiger partial charge on any atom is -0.349 e. The molecule has 2 aliphatic rings. The fourth-order valence-electron chi connectivity index (χ4n) is 4.13. The molecule has 1 amide bonds. The Labute approximate surface area is 166 Å². The van der Waals surface area contributed by atoms with Crippen LogP contribution in [0.4, 0.5) is 0 Å². The van der Waals surface area contributed by atoms with Crippen molar-refractivity contribution in [2.75, 3.05) is 6.54 Å². The second-order valence-corrected chi connectivity index (χ2v) is 7.79. The van der Waals surface area contributed by atoms with Crippen molar-refractivity contribution in [2.45, 2.75) is 70.3 Å². The van der Waals surface area contributed by atoms with Crippen LogP contribution in [0.2, 0.25) is 0 Å². The number of carbonyl (C=O) groups is 1. The number of amides is 1. The summed E-state index contributed by atoms with van der Waals surface area (Å²) in [5.41, 5.74) is 8.90. The Bertz CT molecular complexity index is 803. The molecule has 6 nitrogen and oxygen atoms in total. The van der Waals surface area contributed by atoms with Crippen molar-refractivity contribution in [3.05, 3.63) is 23.0 Å². The smallest absolute Gasteiger partial charge is 0.259 e. The third-order valence-corrected chi connectivity index (χ3v) is 5.79. The van der Waals surface area contributed by atoms with Gasteiger partial charge in [-0.2, -0.15) is 0 Å². The molecule has 2 atom stereocenters. The van der Waals surface area contributed by atoms with E-state index in [1.807, 2.05) is 6.07 Å². The number of carbonyl (C=O) groups excluding carboxylic acids is 1. The molecule has 3 N–H and O–H groups in total. The Hall–Kier alpha value is -1.66. The van der Waals surface area contributed by atoms with Crippen LogP contribution >= 0.6 is 12.4 Å². The average Bonchev–Trinajstić information content (AvgIpc) is 3.44. The van der Waals surface area contributed by atoms with Gasteiger partial charge in [0.05, 0.1) is 16.6 Å². The molecule has 2 aromatic rings. The van der Waals surface area contributed by atoms with Gasteiger partial charge in [-0.3, -0.25) is 4.79 Å². The molecule has 7 heteroatoms. The minimum atomic E-state index is -0.0368. The van der Waals surface area contributed by atoms with Crippen LogP contribution in [0.1, 0.15) is 79.5 Å². The number of hydrogen-bond donors (Lipinski definition) is 2. The molecule has 0 aliphatic heterocycles. The van der Waals surface area contributed by atoms with Crippen LogP contribution < -0.4 is 11.1 Å². The third-order valence-electron chi connectivity index (χ3n) is 5.79. The number of aromatic nitrogens is 2. The van der Waals surface area contributed by atoms with E-state index in [4.69, 9.17) is 10.3 Å². The van der Waals surface area contributed by atoms with Gasteiger partial charge in [-0.05, 0) is 50.6 Å². The fourth-order valence-corrected chi connectivity index (χ4v) is 4.13. The van der Waals surface area contributed by atoms with E-state index in [1.54, 1.807) is 0 Å². The van der Waals surface area contributed by atoms with Crippen LogP contribution in [-0.4, -0.2) is 28.6 Å². The van der Waals surface area contributed by atoms with E-state index in [9.17, 15) is 4.79 Å². The molecule has 0 bridgehead atoms. The molecule has 2 saturated carbocycles. The summed E-state index contributed by atoms with van der Waals surface area (Å²) in [6.45, 7) is 2.72. The molecule has 148 valence electrons. The summed E-state index contributed by atoms with van der Waals surface area (Å²) in [7, 11) is 0. The van der Waals surface area contributed by atoms with Gasteiger partial charge in [-0.15, -0.1) is 12.4 Å². The number of fused-ring (bicyclic) bond motifs is 1. The number of nitrogens with one attached hydrogen (secondary N) is 1. The van der Waals surface area contributed by atoms with Gasteiger partial charge in [0.2, 0.25) is 0 Å². The number of hydrogen-bond acceptors (Lipinski definition) is 5. The summed E-state index contributed by atoms with van der Waals surface area (Å²) >= 11 is 0. The fraction of sp³-hybridized carbons (Fsp3) is 0.650. The highest BCUT2D eigenvalue weighted by Gasteiger charge is 2.31. The summed E-state index contributed by atoms with van der Waals surface area (Å²) in [5.74, 6) is 0.785. The minimum absolute atomic E-state index is 0. The lowest BCUT2D eigenvalue weighted by Gasteiger charge is -2.31. The largest absolute Gasteiger partial charge is 0.349 e. The first-order valence-corrected chi connectivity index (χ1v) is 10.0. The van der Waals surface area contributed by atoms with Crippen LogP contribution in [0, 0.1) is 5.92 Å². The summed E-state index contributed by atoms with van der Waals surface area (Å²) < 4.78 is 5.48. The van der Waals surface area contributed by atoms with E-state index < -0.39 is 0 Å². The second kappa shape index (κ2) is 8.57. The molecule has 0 spiro atoms. The number of nitrogens with zero attached hydrogens (tertiary/aromatic N) is 2. The van der Waals surface area contributed by atoms with Crippen molar-refractivity contribution in [3.63, 3.8) is 0 Å². The highest BCUT2D eigenvalue weighted by Crippen LogP contribution is 2.40. The molecule has 27 heavy (non-hydrogen) atoms. The summed E-state index contributed by atoms with van der Waals surface area (Å²) in [6, 6.07) is 2.12. The van der Waals surface area contributed by atoms with Crippen molar-refractivity contribution in [1.29, 1.82) is 0 Å². The quantitative estimate of drug-likeness (QED) is 0.781. The van der Waals surface area contributed by atoms with E-state index in [2.05, 4.69) is 22.4 Å². The van der Waals surface area contributed by atoms with E-state index in [0.29, 0.717) is 29.7 Å². The van der Waals surface area contributed by atoms with Gasteiger partial charge in [-0.25, -0.2) is 4.98 Å². The van der Waals surface area contributed by atoms with E-state index >= 15 is 0 Å². The molecule has 2 heterocycles. The molecule has 2 fully saturated rings. The number of aryl methyl sites for hydroxylation is 1. The zero-order chi connectivity index (χ0) is 18.1. The first kappa shape index (κ1) is 20.1. The van der Waals surface area contributed by atoms with Gasteiger partial charge < -0.3 is 15.6 Å². The van der Waals surface area contributed by atoms with E-state index in [0.717, 1.165) is 61.7 Å². The van der Waals surface area contributed by atoms with Crippen molar-refractivity contribution in [3.8, 4) is 0 Å². The lowest BCUT2D eigenvalue weighted by atomic mass is 9.84. The summed E-state index contributed by atoms with van der Waals surface area (Å²) in [4.78, 5) is 17.8. The van der Waals surface area contributed by atoms with E-state index in [-0.39, 0.29) is 24.4 Å². The molecule has 2 unspecified atom stereocenters. The highest BCUT2D eigenvalue weighted by atomic mass is 35.5. The Balaban J connectivity index is 0.00000210. The monoisotopic (exact) mass is 392 g/mol. The first-order valence-electron chi connectivity index (χ1n) is 10.0. The Kier molecular flexibility index (Phi) is 6.37. The first-order chi connectivity index (χ1) is 12.7. The van der Waals surface area contributed by atoms with Crippen LogP contribution in [0.15, 0.2) is 10.6 Å². The maximum atomic E-state index is 13.2. The molecule has 4 rings (SSSR count). The summed E-state index contributed by atoms with van der Waals surface area (Å²) in [6.07, 6.45) is 8.44. The molecule has 0 saturated heterocycles. The number of pyridine rings is 1. The maximum Gasteiger partial charge on any atom is 0.259 e. The SMILES string of the molecule is CCCc1noc2nc(C3CC3)cc(C(=O)NC3CCCCC3CN)c12.Cl. The van der Waals surface area contributed by atoms with Gasteiger partial charge in [0.25, 0.3) is 11.6 Å². The summed E-state index contributed by atoms with van der Waals surface area (Å²) in [5, 5.41) is 8.23. The molecule has 2 aromatic heterocycles. The van der Waals surface area contributed by atoms with Crippen molar-refractivity contribution >= 4 is 29.4 Å². The van der Waals surface area contributed by atoms with E-state index in [1.165, 1.54) is 6.42 Å². The zero-order valence-corrected chi connectivity index (χ0v) is 16.7. The van der Waals surface area contributed by atoms with Gasteiger partial charge in [0, 0.05) is 17.7 Å². The Morgan fingerprint density at radius 2 is 2.07 bits per heavy atom. The maximum absolute atomic E-state index is 13.2. The topological polar surface area (TPSA) is 94.0 Å². The lowest BCUT2D eigenvalue weighted by Crippen LogP contribution is -2.44. The average molecular weight is 393 g/mol. The molecule has 0 aromatic carbocycles. The normalized spacial score (nSPS) is 22.4. The van der Waals surface area contributed by atoms with Crippen LogP contribution in [-0.2, 0) is 6.42 Å². The molecular formula is C20H29ClN4O2. The zero-order valence-electron chi connectivity index (χ0n) is 15.9. The molecule has 2 aliphatic carbocycles. The van der Waals surface area contributed by atoms with Crippen LogP contribution in [0.25, 0.3) is 11.1 Å². The van der Waals surface area contributed by atoms with Crippen molar-refractivity contribution in [2.24, 2.45) is 11.7 Å². The van der Waals surface area contributed by atoms with Crippen LogP contribution in [0.3, 0.4) is 0 Å². The van der Waals surface area contributed by atoms with Gasteiger partial charge in [-0.1, -0.05) is 31.3 Å². The number of halogens is 1. The molecular weight excluding hydrogens is 364 g/mol. The Morgan fingerprint density at radius 3 is 2.78 bits per heavy atom. The van der Waals surface area contributed by atoms with Crippen LogP contribution in [0.5, 0.6) is 0 Å². The predicted octanol–water partition coefficient (Wildman–Crippen LogP) is 3.72. The standard InChI is InChI=1S/C20H28N4O2.ClH/c1-2-5-16-18-14(10-17(12-8-9-12)23-20(18)26-24-16)19(25)22-15-7-4-3-6-13(15)11-21;/h10,12-13,15H,2-9,11,21H2,1H3,(H,22,25);1H. The predicted molar refractivity (Wildman–Crippen MR) is 107 cm³/mol. The van der Waals surface area contributed by atoms with Gasteiger partial charge in [0.15, 0.2) is 0 Å². The van der Waals surface area contributed by atoms with Gasteiger partial charge in [0.1, 0.15) is 0 Å². The highest BCUT2D eigenvalue weighted by molar-refractivity contribution is 6.06. The van der Waals surface area contributed by atoms with Gasteiger partial charge >= 0.3 is 0 Å². The third kappa shape index (κ3) is 4.11. The number of rotatable bonds is 6. The second-order valence-electron chi connectivity index (χ2n) is 7.79. The Morgan fingerprint density at radius 1 is 1.30 bits per heavy atom. The van der Waals surface area contributed by atoms with Crippen molar-refractivity contribution < 1.29 is 9.32 Å². The number of nitrogens with two attached hydrogens (primary N) is 1. The van der Waals surface area contributed by atoms with Crippen molar-refractivity contribution in [1.82, 2.24) is 15.5 Å². The molecule has 0 radical (unpaired) electrons.